The van der Waals surface area contributed by atoms with Gasteiger partial charge in [0.1, 0.15) is 0 Å². The summed E-state index contributed by atoms with van der Waals surface area (Å²) in [7, 11) is 1.74. The summed E-state index contributed by atoms with van der Waals surface area (Å²) < 4.78 is 5.91. The molecule has 2 aliphatic rings. The molecular formula is C18H34N4O2. The van der Waals surface area contributed by atoms with Crippen LogP contribution in [0.4, 0.5) is 0 Å². The molecule has 2 fully saturated rings. The van der Waals surface area contributed by atoms with E-state index < -0.39 is 0 Å². The lowest BCUT2D eigenvalue weighted by molar-refractivity contribution is -0.130. The SMILES string of the molecule is CN=C(NCCCOC1CCCCC1)NCC(=O)N1CCCCC1. The number of hydrogen-bond acceptors (Lipinski definition) is 3. The molecule has 0 spiro atoms. The molecule has 6 heteroatoms. The Bertz CT molecular complexity index is 388. The number of aliphatic imine (C=N–C) groups is 1. The number of guanidine groups is 1. The van der Waals surface area contributed by atoms with Gasteiger partial charge in [-0.25, -0.2) is 0 Å². The van der Waals surface area contributed by atoms with E-state index in [4.69, 9.17) is 4.74 Å². The van der Waals surface area contributed by atoms with Crippen LogP contribution in [-0.2, 0) is 9.53 Å². The predicted octanol–water partition coefficient (Wildman–Crippen LogP) is 1.90. The van der Waals surface area contributed by atoms with E-state index in [0.717, 1.165) is 45.5 Å². The zero-order valence-corrected chi connectivity index (χ0v) is 15.2. The van der Waals surface area contributed by atoms with E-state index in [1.165, 1.54) is 38.5 Å². The molecule has 0 bridgehead atoms. The van der Waals surface area contributed by atoms with Crippen LogP contribution in [0.1, 0.15) is 57.8 Å². The molecular weight excluding hydrogens is 304 g/mol. The quantitative estimate of drug-likeness (QED) is 0.423. The van der Waals surface area contributed by atoms with E-state index in [1.807, 2.05) is 4.90 Å². The van der Waals surface area contributed by atoms with Crippen molar-refractivity contribution in [1.29, 1.82) is 0 Å². The Kier molecular flexibility index (Phi) is 8.95. The van der Waals surface area contributed by atoms with Gasteiger partial charge in [0.25, 0.3) is 0 Å². The first-order chi connectivity index (χ1) is 11.8. The summed E-state index contributed by atoms with van der Waals surface area (Å²) in [4.78, 5) is 18.3. The van der Waals surface area contributed by atoms with Crippen LogP contribution >= 0.6 is 0 Å². The Labute approximate surface area is 146 Å². The zero-order chi connectivity index (χ0) is 17.0. The van der Waals surface area contributed by atoms with Crippen LogP contribution in [0.15, 0.2) is 4.99 Å². The lowest BCUT2D eigenvalue weighted by atomic mass is 9.98. The van der Waals surface area contributed by atoms with Gasteiger partial charge >= 0.3 is 0 Å². The second-order valence-corrected chi connectivity index (χ2v) is 6.78. The topological polar surface area (TPSA) is 66.0 Å². The van der Waals surface area contributed by atoms with E-state index in [0.29, 0.717) is 18.6 Å². The monoisotopic (exact) mass is 338 g/mol. The lowest BCUT2D eigenvalue weighted by Crippen LogP contribution is -2.46. The molecule has 2 rings (SSSR count). The van der Waals surface area contributed by atoms with E-state index in [9.17, 15) is 4.79 Å². The molecule has 0 radical (unpaired) electrons. The van der Waals surface area contributed by atoms with Crippen molar-refractivity contribution in [3.8, 4) is 0 Å². The van der Waals surface area contributed by atoms with Crippen molar-refractivity contribution in [2.24, 2.45) is 4.99 Å². The van der Waals surface area contributed by atoms with Crippen molar-refractivity contribution < 1.29 is 9.53 Å². The van der Waals surface area contributed by atoms with Gasteiger partial charge in [0.2, 0.25) is 5.91 Å². The minimum absolute atomic E-state index is 0.165. The van der Waals surface area contributed by atoms with Gasteiger partial charge in [0.15, 0.2) is 5.96 Å². The Morgan fingerprint density at radius 2 is 1.79 bits per heavy atom. The maximum Gasteiger partial charge on any atom is 0.241 e. The van der Waals surface area contributed by atoms with Crippen molar-refractivity contribution in [1.82, 2.24) is 15.5 Å². The number of nitrogens with zero attached hydrogens (tertiary/aromatic N) is 2. The Balaban J connectivity index is 1.52. The third kappa shape index (κ3) is 7.07. The van der Waals surface area contributed by atoms with Gasteiger partial charge in [0.05, 0.1) is 12.6 Å². The molecule has 6 nitrogen and oxygen atoms in total. The Morgan fingerprint density at radius 3 is 2.50 bits per heavy atom. The largest absolute Gasteiger partial charge is 0.378 e. The first-order valence-corrected chi connectivity index (χ1v) is 9.63. The number of hydrogen-bond donors (Lipinski definition) is 2. The molecule has 0 aromatic heterocycles. The predicted molar refractivity (Wildman–Crippen MR) is 97.2 cm³/mol. The number of carbonyl (C=O) groups is 1. The molecule has 138 valence electrons. The standard InChI is InChI=1S/C18H34N4O2/c1-19-18(21-15-17(23)22-12-6-3-7-13-22)20-11-8-14-24-16-9-4-2-5-10-16/h16H,2-15H2,1H3,(H2,19,20,21). The summed E-state index contributed by atoms with van der Waals surface area (Å²) in [5, 5.41) is 6.37. The van der Waals surface area contributed by atoms with Crippen LogP contribution in [0.25, 0.3) is 0 Å². The van der Waals surface area contributed by atoms with E-state index in [-0.39, 0.29) is 5.91 Å². The summed E-state index contributed by atoms with van der Waals surface area (Å²) in [5.41, 5.74) is 0. The highest BCUT2D eigenvalue weighted by Gasteiger charge is 2.16. The molecule has 2 N–H and O–H groups in total. The van der Waals surface area contributed by atoms with E-state index in [2.05, 4.69) is 15.6 Å². The summed E-state index contributed by atoms with van der Waals surface area (Å²) >= 11 is 0. The Morgan fingerprint density at radius 1 is 1.08 bits per heavy atom. The van der Waals surface area contributed by atoms with Crippen LogP contribution in [0.2, 0.25) is 0 Å². The fraction of sp³-hybridized carbons (Fsp3) is 0.889. The van der Waals surface area contributed by atoms with Gasteiger partial charge in [-0.3, -0.25) is 9.79 Å². The summed E-state index contributed by atoms with van der Waals surface area (Å²) in [6.07, 6.45) is 11.3. The van der Waals surface area contributed by atoms with Crippen molar-refractivity contribution in [2.45, 2.75) is 63.9 Å². The average Bonchev–Trinajstić information content (AvgIpc) is 2.65. The number of nitrogens with one attached hydrogen (secondary N) is 2. The first kappa shape index (κ1) is 19.0. The highest BCUT2D eigenvalue weighted by molar-refractivity contribution is 5.86. The maximum absolute atomic E-state index is 12.1. The summed E-state index contributed by atoms with van der Waals surface area (Å²) in [5.74, 6) is 0.858. The maximum atomic E-state index is 12.1. The molecule has 0 aromatic carbocycles. The smallest absolute Gasteiger partial charge is 0.241 e. The van der Waals surface area contributed by atoms with Gasteiger partial charge in [-0.2, -0.15) is 0 Å². The minimum Gasteiger partial charge on any atom is -0.378 e. The third-order valence-electron chi connectivity index (χ3n) is 4.86. The second-order valence-electron chi connectivity index (χ2n) is 6.78. The normalized spacial score (nSPS) is 20.0. The average molecular weight is 338 g/mol. The lowest BCUT2D eigenvalue weighted by Gasteiger charge is -2.27. The summed E-state index contributed by atoms with van der Waals surface area (Å²) in [6, 6.07) is 0. The minimum atomic E-state index is 0.165. The van der Waals surface area contributed by atoms with Gasteiger partial charge < -0.3 is 20.3 Å². The number of carbonyl (C=O) groups excluding carboxylic acids is 1. The second kappa shape index (κ2) is 11.3. The molecule has 0 aromatic rings. The van der Waals surface area contributed by atoms with Crippen molar-refractivity contribution in [3.05, 3.63) is 0 Å². The molecule has 1 amide bonds. The van der Waals surface area contributed by atoms with Crippen molar-refractivity contribution in [3.63, 3.8) is 0 Å². The van der Waals surface area contributed by atoms with Crippen molar-refractivity contribution >= 4 is 11.9 Å². The molecule has 0 unspecified atom stereocenters. The number of rotatable bonds is 7. The van der Waals surface area contributed by atoms with Crippen LogP contribution in [0.3, 0.4) is 0 Å². The van der Waals surface area contributed by atoms with Gasteiger partial charge in [-0.15, -0.1) is 0 Å². The fourth-order valence-corrected chi connectivity index (χ4v) is 3.40. The van der Waals surface area contributed by atoms with E-state index >= 15 is 0 Å². The molecule has 1 heterocycles. The fourth-order valence-electron chi connectivity index (χ4n) is 3.40. The number of piperidine rings is 1. The Hall–Kier alpha value is -1.30. The molecule has 1 aliphatic heterocycles. The number of amides is 1. The molecule has 0 atom stereocenters. The third-order valence-corrected chi connectivity index (χ3v) is 4.86. The summed E-state index contributed by atoms with van der Waals surface area (Å²) in [6.45, 7) is 3.71. The highest BCUT2D eigenvalue weighted by Crippen LogP contribution is 2.20. The molecule has 24 heavy (non-hydrogen) atoms. The van der Waals surface area contributed by atoms with Gasteiger partial charge in [0, 0.05) is 33.3 Å². The van der Waals surface area contributed by atoms with Crippen LogP contribution in [-0.4, -0.2) is 62.7 Å². The molecule has 1 aliphatic carbocycles. The van der Waals surface area contributed by atoms with Crippen LogP contribution in [0.5, 0.6) is 0 Å². The zero-order valence-electron chi connectivity index (χ0n) is 15.2. The van der Waals surface area contributed by atoms with Crippen LogP contribution in [0, 0.1) is 0 Å². The first-order valence-electron chi connectivity index (χ1n) is 9.63. The highest BCUT2D eigenvalue weighted by atomic mass is 16.5. The molecule has 1 saturated heterocycles. The molecule has 1 saturated carbocycles. The van der Waals surface area contributed by atoms with E-state index in [1.54, 1.807) is 7.05 Å². The van der Waals surface area contributed by atoms with Crippen molar-refractivity contribution in [2.75, 3.05) is 39.8 Å². The van der Waals surface area contributed by atoms with Gasteiger partial charge in [-0.05, 0) is 38.5 Å². The number of likely N-dealkylation sites (tertiary alicyclic amines) is 1. The van der Waals surface area contributed by atoms with Gasteiger partial charge in [-0.1, -0.05) is 19.3 Å². The van der Waals surface area contributed by atoms with Crippen LogP contribution < -0.4 is 10.6 Å². The number of ether oxygens (including phenoxy) is 1.